The van der Waals surface area contributed by atoms with Crippen molar-refractivity contribution in [3.8, 4) is 11.5 Å². The van der Waals surface area contributed by atoms with Gasteiger partial charge in [-0.25, -0.2) is 5.10 Å². The fourth-order valence-corrected chi connectivity index (χ4v) is 3.26. The molecule has 12 nitrogen and oxygen atoms in total. The first-order chi connectivity index (χ1) is 13.6. The number of nitro benzene ring substituents is 1. The minimum absolute atomic E-state index is 0.0930. The van der Waals surface area contributed by atoms with Gasteiger partial charge in [0.25, 0.3) is 11.2 Å². The second-order valence-electron chi connectivity index (χ2n) is 5.99. The van der Waals surface area contributed by atoms with Crippen molar-refractivity contribution >= 4 is 17.3 Å². The number of nitrogens with one attached hydrogen (secondary N) is 2. The highest BCUT2D eigenvalue weighted by Crippen LogP contribution is 2.41. The van der Waals surface area contributed by atoms with E-state index in [0.717, 1.165) is 0 Å². The van der Waals surface area contributed by atoms with E-state index in [1.54, 1.807) is 24.3 Å². The van der Waals surface area contributed by atoms with Gasteiger partial charge in [-0.1, -0.05) is 17.2 Å². The van der Waals surface area contributed by atoms with E-state index in [1.165, 1.54) is 23.1 Å². The molecule has 28 heavy (non-hydrogen) atoms. The second-order valence-corrected chi connectivity index (χ2v) is 5.99. The number of non-ortho nitro benzene ring substituents is 1. The number of aromatic nitrogens is 6. The highest BCUT2D eigenvalue weighted by molar-refractivity contribution is 5.73. The second kappa shape index (κ2) is 5.84. The van der Waals surface area contributed by atoms with Gasteiger partial charge < -0.3 is 9.73 Å². The molecule has 0 fully saturated rings. The van der Waals surface area contributed by atoms with Crippen molar-refractivity contribution in [1.29, 1.82) is 0 Å². The molecule has 0 spiro atoms. The third kappa shape index (κ3) is 2.28. The van der Waals surface area contributed by atoms with Gasteiger partial charge >= 0.3 is 0 Å². The molecule has 138 valence electrons. The average Bonchev–Trinajstić information content (AvgIpc) is 3.39. The number of anilines is 2. The molecule has 1 aliphatic heterocycles. The summed E-state index contributed by atoms with van der Waals surface area (Å²) in [6, 6.07) is 8.72. The lowest BCUT2D eigenvalue weighted by molar-refractivity contribution is -0.384. The fraction of sp³-hybridized carbons (Fsp3) is 0.0625. The molecule has 1 aliphatic rings. The maximum Gasteiger partial charge on any atom is 0.288 e. The zero-order valence-corrected chi connectivity index (χ0v) is 13.9. The predicted molar refractivity (Wildman–Crippen MR) is 94.0 cm³/mol. The molecule has 0 amide bonds. The minimum Gasteiger partial charge on any atom is -0.463 e. The number of nitro groups is 1. The number of H-pyrrole nitrogens is 1. The highest BCUT2D eigenvalue weighted by atomic mass is 16.6. The van der Waals surface area contributed by atoms with E-state index < -0.39 is 16.5 Å². The Balaban J connectivity index is 1.82. The molecule has 0 saturated heterocycles. The molecule has 0 bridgehead atoms. The van der Waals surface area contributed by atoms with Crippen LogP contribution >= 0.6 is 0 Å². The van der Waals surface area contributed by atoms with Crippen LogP contribution < -0.4 is 10.9 Å². The number of hydrogen-bond donors (Lipinski definition) is 2. The lowest BCUT2D eigenvalue weighted by atomic mass is 9.94. The first kappa shape index (κ1) is 15.9. The van der Waals surface area contributed by atoms with Crippen LogP contribution in [-0.2, 0) is 0 Å². The minimum atomic E-state index is -0.726. The molecule has 3 aromatic heterocycles. The van der Waals surface area contributed by atoms with Gasteiger partial charge in [-0.3, -0.25) is 14.9 Å². The lowest BCUT2D eigenvalue weighted by Crippen LogP contribution is -2.29. The summed E-state index contributed by atoms with van der Waals surface area (Å²) in [7, 11) is 0. The summed E-state index contributed by atoms with van der Waals surface area (Å²) in [6.07, 6.45) is 1.48. The van der Waals surface area contributed by atoms with Gasteiger partial charge in [0.2, 0.25) is 5.95 Å². The van der Waals surface area contributed by atoms with E-state index in [4.69, 9.17) is 4.42 Å². The van der Waals surface area contributed by atoms with Crippen LogP contribution in [0.1, 0.15) is 17.2 Å². The van der Waals surface area contributed by atoms with Crippen LogP contribution in [0.15, 0.2) is 51.9 Å². The van der Waals surface area contributed by atoms with Crippen LogP contribution in [0.5, 0.6) is 0 Å². The molecule has 4 aromatic rings. The number of furan rings is 1. The van der Waals surface area contributed by atoms with Gasteiger partial charge in [0.05, 0.1) is 11.2 Å². The third-order valence-corrected chi connectivity index (χ3v) is 4.42. The number of tetrazole rings is 1. The molecule has 0 saturated carbocycles. The van der Waals surface area contributed by atoms with Crippen LogP contribution in [-0.4, -0.2) is 35.3 Å². The Morgan fingerprint density at radius 2 is 2.14 bits per heavy atom. The predicted octanol–water partition coefficient (Wildman–Crippen LogP) is 1.62. The van der Waals surface area contributed by atoms with Crippen LogP contribution in [0, 0.1) is 10.1 Å². The molecule has 0 aliphatic carbocycles. The molecule has 1 aromatic carbocycles. The number of benzene rings is 1. The van der Waals surface area contributed by atoms with Gasteiger partial charge in [-0.05, 0) is 28.1 Å². The van der Waals surface area contributed by atoms with Crippen LogP contribution in [0.2, 0.25) is 0 Å². The molecular formula is C16H10N8O4. The molecule has 0 radical (unpaired) electrons. The Bertz CT molecular complexity index is 1260. The van der Waals surface area contributed by atoms with Gasteiger partial charge in [0.1, 0.15) is 17.4 Å². The number of hydrogen-bond acceptors (Lipinski definition) is 9. The lowest BCUT2D eigenvalue weighted by Gasteiger charge is -2.27. The van der Waals surface area contributed by atoms with Crippen molar-refractivity contribution < 1.29 is 9.34 Å². The Morgan fingerprint density at radius 1 is 1.25 bits per heavy atom. The first-order valence-electron chi connectivity index (χ1n) is 8.09. The number of nitrogens with zero attached hydrogens (tertiary/aromatic N) is 6. The van der Waals surface area contributed by atoms with E-state index in [-0.39, 0.29) is 17.3 Å². The van der Waals surface area contributed by atoms with E-state index in [9.17, 15) is 14.9 Å². The Kier molecular flexibility index (Phi) is 3.31. The number of rotatable bonds is 3. The van der Waals surface area contributed by atoms with E-state index in [2.05, 4.69) is 31.0 Å². The van der Waals surface area contributed by atoms with Crippen LogP contribution in [0.25, 0.3) is 11.5 Å². The highest BCUT2D eigenvalue weighted by Gasteiger charge is 2.35. The van der Waals surface area contributed by atoms with Gasteiger partial charge in [0, 0.05) is 17.7 Å². The van der Waals surface area contributed by atoms with Crippen molar-refractivity contribution in [2.24, 2.45) is 0 Å². The summed E-state index contributed by atoms with van der Waals surface area (Å²) in [5, 5.41) is 32.2. The van der Waals surface area contributed by atoms with Gasteiger partial charge in [-0.2, -0.15) is 9.78 Å². The summed E-state index contributed by atoms with van der Waals surface area (Å²) in [5.74, 6) is 0.646. The molecule has 12 heteroatoms. The SMILES string of the molecule is O=c1[nH]nc(-c2ccco2)c2c1Nc1nnnn1[C@H]2c1cccc([N+](=O)[O-])c1. The summed E-state index contributed by atoms with van der Waals surface area (Å²) in [5.41, 5.74) is 0.953. The molecular weight excluding hydrogens is 368 g/mol. The maximum atomic E-state index is 12.5. The van der Waals surface area contributed by atoms with E-state index in [1.807, 2.05) is 0 Å². The smallest absolute Gasteiger partial charge is 0.288 e. The van der Waals surface area contributed by atoms with Gasteiger partial charge in [-0.15, -0.1) is 0 Å². The Morgan fingerprint density at radius 3 is 2.93 bits per heavy atom. The zero-order chi connectivity index (χ0) is 19.3. The molecule has 1 atom stereocenters. The van der Waals surface area contributed by atoms with Crippen molar-refractivity contribution in [1.82, 2.24) is 30.4 Å². The topological polar surface area (TPSA) is 158 Å². The molecule has 0 unspecified atom stereocenters. The van der Waals surface area contributed by atoms with Crippen LogP contribution in [0.4, 0.5) is 17.3 Å². The van der Waals surface area contributed by atoms with E-state index in [0.29, 0.717) is 22.6 Å². The third-order valence-electron chi connectivity index (χ3n) is 4.42. The molecule has 4 heterocycles. The fourth-order valence-electron chi connectivity index (χ4n) is 3.26. The Hall–Kier alpha value is -4.35. The summed E-state index contributed by atoms with van der Waals surface area (Å²) < 4.78 is 6.90. The summed E-state index contributed by atoms with van der Waals surface area (Å²) in [4.78, 5) is 23.2. The zero-order valence-electron chi connectivity index (χ0n) is 13.9. The number of aromatic amines is 1. The standard InChI is InChI=1S/C16H10N8O4/c25-15-13-11(12(18-19-15)10-5-2-6-28-10)14(23-16(17-13)20-21-22-23)8-3-1-4-9(7-8)24(26)27/h1-7,14H,(H,19,25)(H,17,20,22)/t14-/m0/s1. The van der Waals surface area contributed by atoms with Crippen molar-refractivity contribution in [2.75, 3.05) is 5.32 Å². The summed E-state index contributed by atoms with van der Waals surface area (Å²) in [6.45, 7) is 0. The van der Waals surface area contributed by atoms with Crippen molar-refractivity contribution in [2.45, 2.75) is 6.04 Å². The first-order valence-corrected chi connectivity index (χ1v) is 8.09. The van der Waals surface area contributed by atoms with Crippen molar-refractivity contribution in [3.63, 3.8) is 0 Å². The normalized spacial score (nSPS) is 14.8. The Labute approximate surface area is 155 Å². The van der Waals surface area contributed by atoms with Crippen molar-refractivity contribution in [3.05, 3.63) is 74.3 Å². The van der Waals surface area contributed by atoms with E-state index >= 15 is 0 Å². The number of fused-ring (bicyclic) bond motifs is 2. The molecule has 2 N–H and O–H groups in total. The average molecular weight is 378 g/mol. The monoisotopic (exact) mass is 378 g/mol. The summed E-state index contributed by atoms with van der Waals surface area (Å²) >= 11 is 0. The largest absolute Gasteiger partial charge is 0.463 e. The van der Waals surface area contributed by atoms with Gasteiger partial charge in [0.15, 0.2) is 5.76 Å². The molecule has 5 rings (SSSR count). The quantitative estimate of drug-likeness (QED) is 0.351. The van der Waals surface area contributed by atoms with Crippen LogP contribution in [0.3, 0.4) is 0 Å². The maximum absolute atomic E-state index is 12.5.